The molecule has 0 amide bonds. The normalized spacial score (nSPS) is 14.9. The molecule has 2 atom stereocenters. The van der Waals surface area contributed by atoms with E-state index in [1.54, 1.807) is 0 Å². The minimum absolute atomic E-state index is 0.0930. The average molecular weight is 204 g/mol. The Morgan fingerprint density at radius 2 is 1.86 bits per heavy atom. The number of hydrogen-bond donors (Lipinski definition) is 2. The predicted octanol–water partition coefficient (Wildman–Crippen LogP) is 0.267. The van der Waals surface area contributed by atoms with Gasteiger partial charge in [-0.15, -0.1) is 0 Å². The van der Waals surface area contributed by atoms with Crippen LogP contribution in [-0.2, 0) is 14.3 Å². The molecule has 2 N–H and O–H groups in total. The first-order chi connectivity index (χ1) is 6.40. The van der Waals surface area contributed by atoms with Crippen LogP contribution in [-0.4, -0.2) is 35.4 Å². The van der Waals surface area contributed by atoms with Crippen molar-refractivity contribution >= 4 is 11.9 Å². The number of rotatable bonds is 5. The zero-order chi connectivity index (χ0) is 11.3. The molecule has 0 radical (unpaired) electrons. The lowest BCUT2D eigenvalue weighted by atomic mass is 9.92. The van der Waals surface area contributed by atoms with Gasteiger partial charge in [-0.3, -0.25) is 4.79 Å². The van der Waals surface area contributed by atoms with Crippen molar-refractivity contribution < 1.29 is 24.5 Å². The van der Waals surface area contributed by atoms with Gasteiger partial charge in [0, 0.05) is 0 Å². The molecule has 14 heavy (non-hydrogen) atoms. The first-order valence-electron chi connectivity index (χ1n) is 4.38. The van der Waals surface area contributed by atoms with E-state index in [9.17, 15) is 14.7 Å². The summed E-state index contributed by atoms with van der Waals surface area (Å²) in [7, 11) is 1.11. The lowest BCUT2D eigenvalue weighted by Crippen LogP contribution is -2.36. The summed E-state index contributed by atoms with van der Waals surface area (Å²) in [4.78, 5) is 21.6. The van der Waals surface area contributed by atoms with Crippen molar-refractivity contribution in [1.29, 1.82) is 0 Å². The van der Waals surface area contributed by atoms with Crippen molar-refractivity contribution in [3.8, 4) is 0 Å². The number of aliphatic hydroxyl groups excluding tert-OH is 1. The summed E-state index contributed by atoms with van der Waals surface area (Å²) in [5, 5.41) is 18.1. The first kappa shape index (κ1) is 12.9. The standard InChI is InChI=1S/C9H16O5/c1-5(2)4-6(8(11)12)7(10)9(13)14-3/h5-7,10H,4H2,1-3H3,(H,11,12)/t6-,7+/m1/s1. The van der Waals surface area contributed by atoms with Crippen LogP contribution in [0.1, 0.15) is 20.3 Å². The molecule has 0 aliphatic rings. The number of ether oxygens (including phenoxy) is 1. The van der Waals surface area contributed by atoms with Gasteiger partial charge in [-0.1, -0.05) is 13.8 Å². The number of esters is 1. The Labute approximate surface area is 82.7 Å². The molecule has 82 valence electrons. The lowest BCUT2D eigenvalue weighted by Gasteiger charge is -2.18. The molecule has 0 aromatic carbocycles. The van der Waals surface area contributed by atoms with E-state index in [0.717, 1.165) is 7.11 Å². The Morgan fingerprint density at radius 1 is 1.36 bits per heavy atom. The highest BCUT2D eigenvalue weighted by Crippen LogP contribution is 2.16. The number of carboxylic acids is 1. The molecule has 0 aromatic heterocycles. The predicted molar refractivity (Wildman–Crippen MR) is 48.6 cm³/mol. The van der Waals surface area contributed by atoms with E-state index in [4.69, 9.17) is 5.11 Å². The van der Waals surface area contributed by atoms with Crippen LogP contribution in [0.5, 0.6) is 0 Å². The van der Waals surface area contributed by atoms with Crippen LogP contribution in [0.15, 0.2) is 0 Å². The summed E-state index contributed by atoms with van der Waals surface area (Å²) in [5.74, 6) is -3.09. The number of carboxylic acid groups (broad SMARTS) is 1. The Morgan fingerprint density at radius 3 is 2.14 bits per heavy atom. The minimum Gasteiger partial charge on any atom is -0.481 e. The molecule has 0 saturated carbocycles. The molecule has 0 heterocycles. The molecular formula is C9H16O5. The molecule has 0 fully saturated rings. The van der Waals surface area contributed by atoms with Crippen molar-refractivity contribution in [2.24, 2.45) is 11.8 Å². The number of aliphatic hydroxyl groups is 1. The van der Waals surface area contributed by atoms with Gasteiger partial charge in [0.2, 0.25) is 0 Å². The largest absolute Gasteiger partial charge is 0.481 e. The highest BCUT2D eigenvalue weighted by Gasteiger charge is 2.33. The highest BCUT2D eigenvalue weighted by atomic mass is 16.5. The molecule has 0 saturated heterocycles. The molecule has 0 aliphatic heterocycles. The molecule has 0 spiro atoms. The van der Waals surface area contributed by atoms with E-state index in [-0.39, 0.29) is 12.3 Å². The van der Waals surface area contributed by atoms with Crippen LogP contribution in [0.3, 0.4) is 0 Å². The maximum absolute atomic E-state index is 10.9. The first-order valence-corrected chi connectivity index (χ1v) is 4.38. The Kier molecular flexibility index (Phi) is 5.15. The Balaban J connectivity index is 4.48. The van der Waals surface area contributed by atoms with Gasteiger partial charge in [0.15, 0.2) is 6.10 Å². The van der Waals surface area contributed by atoms with Crippen molar-refractivity contribution in [3.05, 3.63) is 0 Å². The third-order valence-corrected chi connectivity index (χ3v) is 1.87. The van der Waals surface area contributed by atoms with Crippen LogP contribution < -0.4 is 0 Å². The van der Waals surface area contributed by atoms with Crippen molar-refractivity contribution in [2.75, 3.05) is 7.11 Å². The van der Waals surface area contributed by atoms with Gasteiger partial charge in [0.25, 0.3) is 0 Å². The van der Waals surface area contributed by atoms with Crippen LogP contribution in [0.25, 0.3) is 0 Å². The maximum atomic E-state index is 10.9. The molecule has 0 aliphatic carbocycles. The highest BCUT2D eigenvalue weighted by molar-refractivity contribution is 5.82. The minimum atomic E-state index is -1.58. The molecule has 0 aromatic rings. The van der Waals surface area contributed by atoms with Crippen LogP contribution in [0.4, 0.5) is 0 Å². The van der Waals surface area contributed by atoms with Crippen LogP contribution in [0.2, 0.25) is 0 Å². The van der Waals surface area contributed by atoms with Gasteiger partial charge >= 0.3 is 11.9 Å². The van der Waals surface area contributed by atoms with Gasteiger partial charge in [-0.2, -0.15) is 0 Å². The van der Waals surface area contributed by atoms with E-state index in [1.165, 1.54) is 0 Å². The van der Waals surface area contributed by atoms with E-state index in [1.807, 2.05) is 13.8 Å². The zero-order valence-electron chi connectivity index (χ0n) is 8.56. The molecule has 5 nitrogen and oxygen atoms in total. The second kappa shape index (κ2) is 5.59. The Bertz CT molecular complexity index is 211. The maximum Gasteiger partial charge on any atom is 0.335 e. The summed E-state index contributed by atoms with van der Waals surface area (Å²) in [6.45, 7) is 3.64. The van der Waals surface area contributed by atoms with Gasteiger partial charge in [0.1, 0.15) is 0 Å². The third-order valence-electron chi connectivity index (χ3n) is 1.87. The van der Waals surface area contributed by atoms with Crippen molar-refractivity contribution in [3.63, 3.8) is 0 Å². The zero-order valence-corrected chi connectivity index (χ0v) is 8.56. The number of methoxy groups -OCH3 is 1. The number of hydrogen-bond acceptors (Lipinski definition) is 4. The van der Waals surface area contributed by atoms with Gasteiger partial charge in [-0.05, 0) is 12.3 Å². The summed E-state index contributed by atoms with van der Waals surface area (Å²) in [5.41, 5.74) is 0. The molecule has 5 heteroatoms. The molecule has 0 unspecified atom stereocenters. The van der Waals surface area contributed by atoms with Crippen LogP contribution >= 0.6 is 0 Å². The van der Waals surface area contributed by atoms with Gasteiger partial charge in [-0.25, -0.2) is 4.79 Å². The van der Waals surface area contributed by atoms with E-state index < -0.39 is 24.0 Å². The van der Waals surface area contributed by atoms with E-state index in [0.29, 0.717) is 0 Å². The molecular weight excluding hydrogens is 188 g/mol. The fraction of sp³-hybridized carbons (Fsp3) is 0.778. The summed E-state index contributed by atoms with van der Waals surface area (Å²) >= 11 is 0. The topological polar surface area (TPSA) is 83.8 Å². The summed E-state index contributed by atoms with van der Waals surface area (Å²) in [6.07, 6.45) is -1.34. The summed E-state index contributed by atoms with van der Waals surface area (Å²) < 4.78 is 4.27. The number of carbonyl (C=O) groups is 2. The smallest absolute Gasteiger partial charge is 0.335 e. The fourth-order valence-electron chi connectivity index (χ4n) is 1.16. The SMILES string of the molecule is COC(=O)[C@@H](O)[C@@H](CC(C)C)C(=O)O. The molecule has 0 rings (SSSR count). The third kappa shape index (κ3) is 3.74. The monoisotopic (exact) mass is 204 g/mol. The summed E-state index contributed by atoms with van der Waals surface area (Å²) in [6, 6.07) is 0. The number of aliphatic carboxylic acids is 1. The number of carbonyl (C=O) groups excluding carboxylic acids is 1. The average Bonchev–Trinajstić information content (AvgIpc) is 2.11. The van der Waals surface area contributed by atoms with E-state index >= 15 is 0 Å². The Hall–Kier alpha value is -1.10. The quantitative estimate of drug-likeness (QED) is 0.628. The lowest BCUT2D eigenvalue weighted by molar-refractivity contribution is -0.162. The second-order valence-corrected chi connectivity index (χ2v) is 3.54. The van der Waals surface area contributed by atoms with E-state index in [2.05, 4.69) is 4.74 Å². The molecule has 0 bridgehead atoms. The fourth-order valence-corrected chi connectivity index (χ4v) is 1.16. The van der Waals surface area contributed by atoms with Gasteiger partial charge in [0.05, 0.1) is 13.0 Å². The van der Waals surface area contributed by atoms with Crippen LogP contribution in [0, 0.1) is 11.8 Å². The second-order valence-electron chi connectivity index (χ2n) is 3.54. The van der Waals surface area contributed by atoms with Gasteiger partial charge < -0.3 is 14.9 Å². The van der Waals surface area contributed by atoms with Crippen molar-refractivity contribution in [1.82, 2.24) is 0 Å². The van der Waals surface area contributed by atoms with Crippen molar-refractivity contribution in [2.45, 2.75) is 26.4 Å².